The number of anilines is 1. The first kappa shape index (κ1) is 12.4. The van der Waals surface area contributed by atoms with Crippen LogP contribution in [0, 0.1) is 11.7 Å². The topological polar surface area (TPSA) is 41.6 Å². The van der Waals surface area contributed by atoms with Crippen molar-refractivity contribution in [1.82, 2.24) is 5.32 Å². The van der Waals surface area contributed by atoms with Gasteiger partial charge in [0, 0.05) is 12.2 Å². The maximum absolute atomic E-state index is 13.0. The first-order chi connectivity index (χ1) is 9.11. The van der Waals surface area contributed by atoms with Crippen molar-refractivity contribution >= 4 is 11.8 Å². The lowest BCUT2D eigenvalue weighted by Crippen LogP contribution is -2.51. The molecule has 0 aliphatic carbocycles. The Balaban J connectivity index is 1.95. The van der Waals surface area contributed by atoms with Gasteiger partial charge in [-0.3, -0.25) is 4.90 Å². The van der Waals surface area contributed by atoms with Crippen LogP contribution in [0.2, 0.25) is 0 Å². The Hall–Kier alpha value is -1.62. The Bertz CT molecular complexity index is 485. The van der Waals surface area contributed by atoms with Crippen LogP contribution >= 0.6 is 0 Å². The van der Waals surface area contributed by atoms with Crippen LogP contribution in [-0.2, 0) is 4.74 Å². The van der Waals surface area contributed by atoms with Crippen LogP contribution < -0.4 is 10.2 Å². The van der Waals surface area contributed by atoms with Crippen LogP contribution in [0.1, 0.15) is 13.3 Å². The van der Waals surface area contributed by atoms with Crippen LogP contribution in [0.15, 0.2) is 24.3 Å². The van der Waals surface area contributed by atoms with Crippen molar-refractivity contribution in [2.75, 3.05) is 24.6 Å². The van der Waals surface area contributed by atoms with Crippen molar-refractivity contribution in [1.29, 1.82) is 0 Å². The van der Waals surface area contributed by atoms with Crippen molar-refractivity contribution in [3.8, 4) is 0 Å². The molecule has 2 aliphatic heterocycles. The molecule has 3 rings (SSSR count). The first-order valence-corrected chi connectivity index (χ1v) is 6.54. The van der Waals surface area contributed by atoms with Gasteiger partial charge in [-0.05, 0) is 50.1 Å². The van der Waals surface area contributed by atoms with E-state index in [1.807, 2.05) is 6.92 Å². The summed E-state index contributed by atoms with van der Waals surface area (Å²) in [5, 5.41) is 3.32. The smallest absolute Gasteiger partial charge is 0.415 e. The molecule has 2 fully saturated rings. The van der Waals surface area contributed by atoms with E-state index in [0.29, 0.717) is 18.2 Å². The van der Waals surface area contributed by atoms with Crippen LogP contribution in [0.5, 0.6) is 0 Å². The lowest BCUT2D eigenvalue weighted by molar-refractivity contribution is 0.166. The minimum atomic E-state index is -0.363. The van der Waals surface area contributed by atoms with Crippen molar-refractivity contribution in [2.24, 2.45) is 5.92 Å². The Morgan fingerprint density at radius 1 is 1.42 bits per heavy atom. The Morgan fingerprint density at radius 2 is 2.16 bits per heavy atom. The molecule has 2 unspecified atom stereocenters. The first-order valence-electron chi connectivity index (χ1n) is 6.54. The van der Waals surface area contributed by atoms with Gasteiger partial charge in [-0.1, -0.05) is 0 Å². The van der Waals surface area contributed by atoms with E-state index in [4.69, 9.17) is 4.74 Å². The highest BCUT2D eigenvalue weighted by Crippen LogP contribution is 2.38. The molecule has 2 atom stereocenters. The summed E-state index contributed by atoms with van der Waals surface area (Å²) < 4.78 is 18.3. The minimum absolute atomic E-state index is 0.305. The molecule has 2 aliphatic rings. The number of rotatable bonds is 2. The molecular weight excluding hydrogens is 247 g/mol. The van der Waals surface area contributed by atoms with Gasteiger partial charge in [-0.15, -0.1) is 0 Å². The van der Waals surface area contributed by atoms with Crippen LogP contribution in [0.25, 0.3) is 0 Å². The van der Waals surface area contributed by atoms with Gasteiger partial charge in [-0.25, -0.2) is 9.18 Å². The molecule has 0 bridgehead atoms. The summed E-state index contributed by atoms with van der Waals surface area (Å²) in [6.45, 7) is 4.27. The molecule has 0 saturated carbocycles. The van der Waals surface area contributed by atoms with Crippen LogP contribution in [-0.4, -0.2) is 31.3 Å². The molecule has 1 amide bonds. The van der Waals surface area contributed by atoms with Gasteiger partial charge in [0.25, 0.3) is 0 Å². The molecule has 102 valence electrons. The van der Waals surface area contributed by atoms with E-state index in [0.717, 1.165) is 19.5 Å². The molecule has 2 saturated heterocycles. The number of amides is 1. The van der Waals surface area contributed by atoms with Crippen molar-refractivity contribution < 1.29 is 13.9 Å². The highest BCUT2D eigenvalue weighted by molar-refractivity contribution is 5.91. The van der Waals surface area contributed by atoms with Gasteiger partial charge in [0.1, 0.15) is 12.4 Å². The summed E-state index contributed by atoms with van der Waals surface area (Å²) in [5.41, 5.74) is 0.330. The Morgan fingerprint density at radius 3 is 2.79 bits per heavy atom. The third-order valence-corrected chi connectivity index (χ3v) is 4.21. The molecule has 2 heterocycles. The molecule has 4 nitrogen and oxygen atoms in total. The molecule has 0 spiro atoms. The minimum Gasteiger partial charge on any atom is -0.447 e. The van der Waals surface area contributed by atoms with E-state index in [1.165, 1.54) is 12.1 Å². The Kier molecular flexibility index (Phi) is 2.93. The summed E-state index contributed by atoms with van der Waals surface area (Å²) in [6.07, 6.45) is 0.672. The van der Waals surface area contributed by atoms with Gasteiger partial charge in [-0.2, -0.15) is 0 Å². The summed E-state index contributed by atoms with van der Waals surface area (Å²) in [5.74, 6) is 0.0459. The van der Waals surface area contributed by atoms with E-state index in [-0.39, 0.29) is 17.4 Å². The summed E-state index contributed by atoms with van der Waals surface area (Å²) in [4.78, 5) is 13.7. The fourth-order valence-electron chi connectivity index (χ4n) is 3.02. The van der Waals surface area contributed by atoms with E-state index < -0.39 is 0 Å². The number of nitrogens with one attached hydrogen (secondary N) is 1. The number of nitrogens with zero attached hydrogens (tertiary/aromatic N) is 1. The van der Waals surface area contributed by atoms with E-state index >= 15 is 0 Å². The third kappa shape index (κ3) is 1.98. The fourth-order valence-corrected chi connectivity index (χ4v) is 3.02. The summed E-state index contributed by atoms with van der Waals surface area (Å²) >= 11 is 0. The number of halogens is 1. The maximum atomic E-state index is 13.0. The lowest BCUT2D eigenvalue weighted by atomic mass is 9.84. The molecule has 0 radical (unpaired) electrons. The van der Waals surface area contributed by atoms with Crippen LogP contribution in [0.4, 0.5) is 14.9 Å². The van der Waals surface area contributed by atoms with Gasteiger partial charge in [0.15, 0.2) is 0 Å². The quantitative estimate of drug-likeness (QED) is 0.890. The van der Waals surface area contributed by atoms with Crippen molar-refractivity contribution in [3.63, 3.8) is 0 Å². The fraction of sp³-hybridized carbons (Fsp3) is 0.500. The van der Waals surface area contributed by atoms with Gasteiger partial charge in [0.05, 0.1) is 5.54 Å². The molecule has 5 heteroatoms. The zero-order valence-electron chi connectivity index (χ0n) is 10.9. The van der Waals surface area contributed by atoms with E-state index in [9.17, 15) is 9.18 Å². The van der Waals surface area contributed by atoms with Gasteiger partial charge in [0.2, 0.25) is 0 Å². The second-order valence-electron chi connectivity index (χ2n) is 5.41. The number of ether oxygens (including phenoxy) is 1. The predicted molar refractivity (Wildman–Crippen MR) is 69.6 cm³/mol. The SMILES string of the molecule is CC1(C2CCNC2)COC(=O)N1c1ccc(F)cc1. The lowest BCUT2D eigenvalue weighted by Gasteiger charge is -2.36. The zero-order chi connectivity index (χ0) is 13.5. The number of hydrogen-bond donors (Lipinski definition) is 1. The standard InChI is InChI=1S/C14H17FN2O2/c1-14(10-6-7-16-8-10)9-19-13(18)17(14)12-4-2-11(15)3-5-12/h2-5,10,16H,6-9H2,1H3. The van der Waals surface area contributed by atoms with E-state index in [1.54, 1.807) is 17.0 Å². The Labute approximate surface area is 111 Å². The summed E-state index contributed by atoms with van der Waals surface area (Å²) in [6, 6.07) is 5.99. The molecular formula is C14H17FN2O2. The normalized spacial score (nSPS) is 30.7. The average molecular weight is 264 g/mol. The number of cyclic esters (lactones) is 1. The molecule has 19 heavy (non-hydrogen) atoms. The maximum Gasteiger partial charge on any atom is 0.415 e. The van der Waals surface area contributed by atoms with Crippen LogP contribution in [0.3, 0.4) is 0 Å². The van der Waals surface area contributed by atoms with Gasteiger partial charge < -0.3 is 10.1 Å². The van der Waals surface area contributed by atoms with Gasteiger partial charge >= 0.3 is 6.09 Å². The average Bonchev–Trinajstić information content (AvgIpc) is 3.01. The zero-order valence-corrected chi connectivity index (χ0v) is 10.9. The third-order valence-electron chi connectivity index (χ3n) is 4.21. The monoisotopic (exact) mass is 264 g/mol. The molecule has 1 N–H and O–H groups in total. The molecule has 0 aromatic heterocycles. The second-order valence-corrected chi connectivity index (χ2v) is 5.41. The largest absolute Gasteiger partial charge is 0.447 e. The summed E-state index contributed by atoms with van der Waals surface area (Å²) in [7, 11) is 0. The number of hydrogen-bond acceptors (Lipinski definition) is 3. The number of carbonyl (C=O) groups is 1. The molecule has 1 aromatic carbocycles. The number of carbonyl (C=O) groups excluding carboxylic acids is 1. The van der Waals surface area contributed by atoms with Crippen molar-refractivity contribution in [2.45, 2.75) is 18.9 Å². The van der Waals surface area contributed by atoms with E-state index in [2.05, 4.69) is 5.32 Å². The number of benzene rings is 1. The van der Waals surface area contributed by atoms with Crippen molar-refractivity contribution in [3.05, 3.63) is 30.1 Å². The highest BCUT2D eigenvalue weighted by Gasteiger charge is 2.50. The predicted octanol–water partition coefficient (Wildman–Crippen LogP) is 2.15. The second kappa shape index (κ2) is 4.49. The molecule has 1 aromatic rings. The highest BCUT2D eigenvalue weighted by atomic mass is 19.1.